The van der Waals surface area contributed by atoms with Crippen LogP contribution < -0.4 is 15.5 Å². The molecule has 0 saturated carbocycles. The van der Waals surface area contributed by atoms with E-state index in [1.54, 1.807) is 0 Å². The van der Waals surface area contributed by atoms with Gasteiger partial charge in [0.15, 0.2) is 0 Å². The Bertz CT molecular complexity index is 627. The van der Waals surface area contributed by atoms with E-state index in [1.165, 1.54) is 11.4 Å². The number of likely N-dealkylation sites (N-methyl/N-ethyl adjacent to an activating group) is 1. The number of rotatable bonds is 2. The highest BCUT2D eigenvalue weighted by molar-refractivity contribution is 6.30. The van der Waals surface area contributed by atoms with Crippen LogP contribution in [0, 0.1) is 0 Å². The van der Waals surface area contributed by atoms with Crippen molar-refractivity contribution in [3.05, 3.63) is 53.1 Å². The molecule has 104 valence electrons. The van der Waals surface area contributed by atoms with Crippen LogP contribution in [-0.4, -0.2) is 20.1 Å². The van der Waals surface area contributed by atoms with Gasteiger partial charge in [0.05, 0.1) is 11.4 Å². The van der Waals surface area contributed by atoms with Gasteiger partial charge in [-0.2, -0.15) is 0 Å². The Morgan fingerprint density at radius 1 is 1.10 bits per heavy atom. The number of nitrogen functional groups attached to an aromatic ring is 1. The molecule has 3 rings (SSSR count). The van der Waals surface area contributed by atoms with Crippen LogP contribution in [0.5, 0.6) is 0 Å². The molecule has 20 heavy (non-hydrogen) atoms. The van der Waals surface area contributed by atoms with Crippen LogP contribution in [0.4, 0.5) is 17.1 Å². The molecular weight excluding hydrogens is 270 g/mol. The molecule has 0 radical (unpaired) electrons. The number of benzene rings is 2. The standard InChI is InChI=1S/C16H18ClN3/c1-19-8-9-20(16-5-3-2-4-15(16)19)11-12-6-7-13(17)10-14(12)18/h2-7,10H,8-9,11,18H2,1H3. The second-order valence-electron chi connectivity index (χ2n) is 5.17. The Morgan fingerprint density at radius 2 is 1.85 bits per heavy atom. The van der Waals surface area contributed by atoms with Crippen molar-refractivity contribution in [2.24, 2.45) is 0 Å². The number of anilines is 3. The SMILES string of the molecule is CN1CCN(Cc2ccc(Cl)cc2N)c2ccccc21. The number of hydrogen-bond donors (Lipinski definition) is 1. The highest BCUT2D eigenvalue weighted by atomic mass is 35.5. The number of hydrogen-bond acceptors (Lipinski definition) is 3. The van der Waals surface area contributed by atoms with E-state index in [4.69, 9.17) is 17.3 Å². The topological polar surface area (TPSA) is 32.5 Å². The van der Waals surface area contributed by atoms with Crippen molar-refractivity contribution in [1.82, 2.24) is 0 Å². The molecule has 4 heteroatoms. The largest absolute Gasteiger partial charge is 0.398 e. The van der Waals surface area contributed by atoms with E-state index in [-0.39, 0.29) is 0 Å². The summed E-state index contributed by atoms with van der Waals surface area (Å²) in [6.45, 7) is 2.83. The van der Waals surface area contributed by atoms with Crippen molar-refractivity contribution < 1.29 is 0 Å². The first-order valence-electron chi connectivity index (χ1n) is 6.74. The van der Waals surface area contributed by atoms with Gasteiger partial charge in [-0.05, 0) is 29.8 Å². The van der Waals surface area contributed by atoms with E-state index in [0.29, 0.717) is 5.02 Å². The van der Waals surface area contributed by atoms with Crippen molar-refractivity contribution in [1.29, 1.82) is 0 Å². The summed E-state index contributed by atoms with van der Waals surface area (Å²) < 4.78 is 0. The number of fused-ring (bicyclic) bond motifs is 1. The van der Waals surface area contributed by atoms with E-state index >= 15 is 0 Å². The lowest BCUT2D eigenvalue weighted by Gasteiger charge is -2.37. The van der Waals surface area contributed by atoms with E-state index < -0.39 is 0 Å². The third kappa shape index (κ3) is 2.41. The lowest BCUT2D eigenvalue weighted by Crippen LogP contribution is -2.38. The van der Waals surface area contributed by atoms with Crippen LogP contribution in [0.25, 0.3) is 0 Å². The first-order valence-corrected chi connectivity index (χ1v) is 7.12. The van der Waals surface area contributed by atoms with Crippen molar-refractivity contribution in [2.45, 2.75) is 6.54 Å². The Kier molecular flexibility index (Phi) is 3.45. The Balaban J connectivity index is 1.90. The molecule has 2 N–H and O–H groups in total. The molecule has 0 amide bonds. The molecule has 0 unspecified atom stereocenters. The zero-order valence-corrected chi connectivity index (χ0v) is 12.3. The minimum atomic E-state index is 0.685. The van der Waals surface area contributed by atoms with Crippen LogP contribution in [0.2, 0.25) is 5.02 Å². The van der Waals surface area contributed by atoms with Gasteiger partial charge in [0.1, 0.15) is 0 Å². The van der Waals surface area contributed by atoms with Crippen molar-refractivity contribution in [2.75, 3.05) is 35.7 Å². The molecule has 2 aromatic rings. The molecule has 1 heterocycles. The Morgan fingerprint density at radius 3 is 2.60 bits per heavy atom. The van der Waals surface area contributed by atoms with Gasteiger partial charge in [-0.1, -0.05) is 29.8 Å². The zero-order chi connectivity index (χ0) is 14.1. The molecule has 1 aliphatic rings. The summed E-state index contributed by atoms with van der Waals surface area (Å²) in [5, 5.41) is 0.685. The van der Waals surface area contributed by atoms with Gasteiger partial charge in [-0.15, -0.1) is 0 Å². The summed E-state index contributed by atoms with van der Waals surface area (Å²) in [6, 6.07) is 14.2. The summed E-state index contributed by atoms with van der Waals surface area (Å²) in [7, 11) is 2.13. The first kappa shape index (κ1) is 13.1. The van der Waals surface area contributed by atoms with Gasteiger partial charge in [0, 0.05) is 37.4 Å². The minimum Gasteiger partial charge on any atom is -0.398 e. The fourth-order valence-electron chi connectivity index (χ4n) is 2.65. The van der Waals surface area contributed by atoms with Crippen molar-refractivity contribution >= 4 is 28.7 Å². The molecule has 0 bridgehead atoms. The van der Waals surface area contributed by atoms with Crippen LogP contribution in [-0.2, 0) is 6.54 Å². The molecule has 0 spiro atoms. The number of nitrogens with zero attached hydrogens (tertiary/aromatic N) is 2. The monoisotopic (exact) mass is 287 g/mol. The van der Waals surface area contributed by atoms with Gasteiger partial charge in [-0.25, -0.2) is 0 Å². The highest BCUT2D eigenvalue weighted by Gasteiger charge is 2.20. The van der Waals surface area contributed by atoms with Crippen LogP contribution in [0.3, 0.4) is 0 Å². The number of halogens is 1. The van der Waals surface area contributed by atoms with E-state index in [1.807, 2.05) is 18.2 Å². The summed E-state index contributed by atoms with van der Waals surface area (Å²) in [5.41, 5.74) is 10.5. The predicted molar refractivity (Wildman–Crippen MR) is 86.6 cm³/mol. The maximum Gasteiger partial charge on any atom is 0.0607 e. The summed E-state index contributed by atoms with van der Waals surface area (Å²) >= 11 is 5.96. The van der Waals surface area contributed by atoms with Crippen LogP contribution in [0.1, 0.15) is 5.56 Å². The molecule has 1 aliphatic heterocycles. The molecule has 2 aromatic carbocycles. The van der Waals surface area contributed by atoms with E-state index in [0.717, 1.165) is 30.9 Å². The van der Waals surface area contributed by atoms with Crippen molar-refractivity contribution in [3.63, 3.8) is 0 Å². The average molecular weight is 288 g/mol. The zero-order valence-electron chi connectivity index (χ0n) is 11.5. The smallest absolute Gasteiger partial charge is 0.0607 e. The Labute approximate surface area is 124 Å². The third-order valence-electron chi connectivity index (χ3n) is 3.81. The average Bonchev–Trinajstić information content (AvgIpc) is 2.45. The highest BCUT2D eigenvalue weighted by Crippen LogP contribution is 2.33. The van der Waals surface area contributed by atoms with Gasteiger partial charge >= 0.3 is 0 Å². The van der Waals surface area contributed by atoms with Gasteiger partial charge in [-0.3, -0.25) is 0 Å². The van der Waals surface area contributed by atoms with Gasteiger partial charge in [0.25, 0.3) is 0 Å². The Hall–Kier alpha value is -1.87. The summed E-state index contributed by atoms with van der Waals surface area (Å²) in [5.74, 6) is 0. The lowest BCUT2D eigenvalue weighted by molar-refractivity contribution is 0.735. The summed E-state index contributed by atoms with van der Waals surface area (Å²) in [6.07, 6.45) is 0. The molecule has 0 atom stereocenters. The molecule has 0 fully saturated rings. The molecule has 3 nitrogen and oxygen atoms in total. The van der Waals surface area contributed by atoms with E-state index in [2.05, 4.69) is 41.1 Å². The lowest BCUT2D eigenvalue weighted by atomic mass is 10.1. The minimum absolute atomic E-state index is 0.685. The van der Waals surface area contributed by atoms with Gasteiger partial charge < -0.3 is 15.5 Å². The second-order valence-corrected chi connectivity index (χ2v) is 5.61. The van der Waals surface area contributed by atoms with Crippen molar-refractivity contribution in [3.8, 4) is 0 Å². The maximum atomic E-state index is 6.06. The predicted octanol–water partition coefficient (Wildman–Crippen LogP) is 3.38. The van der Waals surface area contributed by atoms with Gasteiger partial charge in [0.2, 0.25) is 0 Å². The fourth-order valence-corrected chi connectivity index (χ4v) is 2.83. The van der Waals surface area contributed by atoms with E-state index in [9.17, 15) is 0 Å². The van der Waals surface area contributed by atoms with Crippen LogP contribution in [0.15, 0.2) is 42.5 Å². The first-order chi connectivity index (χ1) is 9.65. The molecular formula is C16H18ClN3. The quantitative estimate of drug-likeness (QED) is 0.860. The molecule has 0 saturated heterocycles. The number of nitrogens with two attached hydrogens (primary N) is 1. The third-order valence-corrected chi connectivity index (χ3v) is 4.04. The normalized spacial score (nSPS) is 14.3. The summed E-state index contributed by atoms with van der Waals surface area (Å²) in [4.78, 5) is 4.66. The maximum absolute atomic E-state index is 6.06. The molecule has 0 aliphatic carbocycles. The van der Waals surface area contributed by atoms with Crippen LogP contribution >= 0.6 is 11.6 Å². The number of para-hydroxylation sites is 2. The fraction of sp³-hybridized carbons (Fsp3) is 0.250. The molecule has 0 aromatic heterocycles. The second kappa shape index (κ2) is 5.25.